The van der Waals surface area contributed by atoms with Crippen molar-refractivity contribution in [1.82, 2.24) is 0 Å². The number of carbonyl (C=O) groups is 1. The van der Waals surface area contributed by atoms with Crippen molar-refractivity contribution in [2.24, 2.45) is 0 Å². The summed E-state index contributed by atoms with van der Waals surface area (Å²) in [6.45, 7) is 10.9. The molecule has 0 saturated carbocycles. The zero-order valence-electron chi connectivity index (χ0n) is 18.1. The van der Waals surface area contributed by atoms with Crippen molar-refractivity contribution >= 4 is 25.0 Å². The summed E-state index contributed by atoms with van der Waals surface area (Å²) in [5.41, 5.74) is 0. The van der Waals surface area contributed by atoms with Crippen molar-refractivity contribution in [2.75, 3.05) is 6.61 Å². The number of aldehydes is 1. The van der Waals surface area contributed by atoms with Crippen LogP contribution in [0, 0.1) is 0 Å². The maximum absolute atomic E-state index is 11.4. The second kappa shape index (κ2) is 8.52. The third kappa shape index (κ3) is 4.69. The van der Waals surface area contributed by atoms with Crippen molar-refractivity contribution in [3.05, 3.63) is 60.7 Å². The number of carbonyl (C=O) groups excluding carboxylic acids is 1. The summed E-state index contributed by atoms with van der Waals surface area (Å²) in [4.78, 5) is 11.4. The first kappa shape index (κ1) is 21.9. The fourth-order valence-electron chi connectivity index (χ4n) is 4.31. The van der Waals surface area contributed by atoms with Gasteiger partial charge in [0.15, 0.2) is 5.79 Å². The summed E-state index contributed by atoms with van der Waals surface area (Å²) in [5.74, 6) is -0.802. The van der Waals surface area contributed by atoms with E-state index in [0.717, 1.165) is 6.29 Å². The Morgan fingerprint density at radius 1 is 1.00 bits per heavy atom. The lowest BCUT2D eigenvalue weighted by Gasteiger charge is -2.45. The Labute approximate surface area is 175 Å². The number of ether oxygens (including phenoxy) is 2. The van der Waals surface area contributed by atoms with Gasteiger partial charge in [-0.1, -0.05) is 81.4 Å². The number of benzene rings is 2. The molecule has 0 spiro atoms. The Balaban J connectivity index is 1.99. The fourth-order valence-corrected chi connectivity index (χ4v) is 8.91. The molecule has 1 aliphatic heterocycles. The van der Waals surface area contributed by atoms with Gasteiger partial charge < -0.3 is 18.7 Å². The molecule has 1 fully saturated rings. The monoisotopic (exact) mass is 412 g/mol. The van der Waals surface area contributed by atoms with Crippen LogP contribution in [0.1, 0.15) is 41.0 Å². The summed E-state index contributed by atoms with van der Waals surface area (Å²) in [6.07, 6.45) is 0.702. The van der Waals surface area contributed by atoms with E-state index in [1.54, 1.807) is 0 Å². The molecule has 0 aliphatic carbocycles. The lowest BCUT2D eigenvalue weighted by molar-refractivity contribution is -0.294. The van der Waals surface area contributed by atoms with E-state index in [1.807, 2.05) is 26.0 Å². The molecule has 0 bridgehead atoms. The van der Waals surface area contributed by atoms with E-state index < -0.39 is 20.2 Å². The molecule has 1 aliphatic rings. The number of hydrogen-bond donors (Lipinski definition) is 0. The first-order valence-electron chi connectivity index (χ1n) is 10.2. The first-order valence-corrected chi connectivity index (χ1v) is 12.1. The Bertz CT molecular complexity index is 759. The maximum Gasteiger partial charge on any atom is 0.261 e. The molecular weight excluding hydrogens is 380 g/mol. The highest BCUT2D eigenvalue weighted by atomic mass is 28.4. The van der Waals surface area contributed by atoms with Gasteiger partial charge in [-0.05, 0) is 29.3 Å². The van der Waals surface area contributed by atoms with E-state index in [9.17, 15) is 4.79 Å². The van der Waals surface area contributed by atoms with Gasteiger partial charge >= 0.3 is 0 Å². The van der Waals surface area contributed by atoms with Gasteiger partial charge in [-0.3, -0.25) is 0 Å². The summed E-state index contributed by atoms with van der Waals surface area (Å²) in [6, 6.07) is 21.1. The van der Waals surface area contributed by atoms with Crippen LogP contribution in [0.25, 0.3) is 0 Å². The highest BCUT2D eigenvalue weighted by Gasteiger charge is 2.51. The molecule has 5 heteroatoms. The smallest absolute Gasteiger partial charge is 0.261 e. The molecule has 0 radical (unpaired) electrons. The molecule has 1 heterocycles. The Morgan fingerprint density at radius 3 is 1.97 bits per heavy atom. The zero-order chi connectivity index (χ0) is 21.1. The molecule has 156 valence electrons. The average Bonchev–Trinajstić information content (AvgIpc) is 2.68. The third-order valence-corrected chi connectivity index (χ3v) is 10.4. The van der Waals surface area contributed by atoms with Crippen LogP contribution in [-0.2, 0) is 18.7 Å². The molecule has 2 aromatic carbocycles. The molecule has 0 unspecified atom stereocenters. The normalized spacial score (nSPS) is 22.2. The van der Waals surface area contributed by atoms with Crippen molar-refractivity contribution < 1.29 is 18.7 Å². The Kier molecular flexibility index (Phi) is 6.44. The molecule has 4 nitrogen and oxygen atoms in total. The van der Waals surface area contributed by atoms with Crippen LogP contribution in [0.3, 0.4) is 0 Å². The zero-order valence-corrected chi connectivity index (χ0v) is 19.1. The minimum Gasteiger partial charge on any atom is -0.405 e. The maximum atomic E-state index is 11.4. The van der Waals surface area contributed by atoms with Crippen molar-refractivity contribution in [1.29, 1.82) is 0 Å². The van der Waals surface area contributed by atoms with E-state index in [-0.39, 0.29) is 11.1 Å². The van der Waals surface area contributed by atoms with Gasteiger partial charge in [-0.25, -0.2) is 0 Å². The van der Waals surface area contributed by atoms with Gasteiger partial charge in [0.1, 0.15) is 12.4 Å². The van der Waals surface area contributed by atoms with Gasteiger partial charge in [0.2, 0.25) is 0 Å². The van der Waals surface area contributed by atoms with Gasteiger partial charge in [0.25, 0.3) is 8.32 Å². The minimum atomic E-state index is -2.62. The lowest BCUT2D eigenvalue weighted by Crippen LogP contribution is -2.67. The SMILES string of the molecule is CC1(C)O[C@H](CO[Si](c2ccccc2)(c2ccccc2)C(C)(C)C)C[C@H](C=O)O1. The fraction of sp³-hybridized carbons (Fsp3) is 0.458. The molecule has 3 rings (SSSR count). The lowest BCUT2D eigenvalue weighted by atomic mass is 10.1. The second-order valence-corrected chi connectivity index (χ2v) is 13.4. The predicted octanol–water partition coefficient (Wildman–Crippen LogP) is 3.67. The van der Waals surface area contributed by atoms with E-state index in [0.29, 0.717) is 13.0 Å². The average molecular weight is 413 g/mol. The molecule has 2 aromatic rings. The standard InChI is InChI=1S/C24H32O4Si/c1-23(2,3)29(21-12-8-6-9-13-21,22-14-10-7-11-15-22)26-18-20-16-19(17-25)27-24(4,5)28-20/h6-15,17,19-20H,16,18H2,1-5H3/t19-,20+/m1/s1. The number of hydrogen-bond acceptors (Lipinski definition) is 4. The molecule has 1 saturated heterocycles. The molecular formula is C24H32O4Si. The van der Waals surface area contributed by atoms with E-state index in [2.05, 4.69) is 69.3 Å². The Morgan fingerprint density at radius 2 is 1.52 bits per heavy atom. The van der Waals surface area contributed by atoms with Crippen LogP contribution in [0.15, 0.2) is 60.7 Å². The van der Waals surface area contributed by atoms with Crippen LogP contribution in [0.4, 0.5) is 0 Å². The topological polar surface area (TPSA) is 44.8 Å². The van der Waals surface area contributed by atoms with Crippen LogP contribution < -0.4 is 10.4 Å². The van der Waals surface area contributed by atoms with E-state index in [1.165, 1.54) is 10.4 Å². The summed E-state index contributed by atoms with van der Waals surface area (Å²) in [7, 11) is -2.62. The van der Waals surface area contributed by atoms with Gasteiger partial charge in [-0.15, -0.1) is 0 Å². The predicted molar refractivity (Wildman–Crippen MR) is 118 cm³/mol. The van der Waals surface area contributed by atoms with E-state index in [4.69, 9.17) is 13.9 Å². The highest BCUT2D eigenvalue weighted by molar-refractivity contribution is 6.99. The van der Waals surface area contributed by atoms with Crippen LogP contribution in [0.5, 0.6) is 0 Å². The second-order valence-electron chi connectivity index (χ2n) is 9.14. The largest absolute Gasteiger partial charge is 0.405 e. The molecule has 0 aromatic heterocycles. The summed E-state index contributed by atoms with van der Waals surface area (Å²) in [5, 5.41) is 2.37. The molecule has 2 atom stereocenters. The molecule has 29 heavy (non-hydrogen) atoms. The highest BCUT2D eigenvalue weighted by Crippen LogP contribution is 2.37. The van der Waals surface area contributed by atoms with E-state index >= 15 is 0 Å². The van der Waals surface area contributed by atoms with Crippen molar-refractivity contribution in [3.8, 4) is 0 Å². The van der Waals surface area contributed by atoms with Gasteiger partial charge in [0, 0.05) is 6.42 Å². The Hall–Kier alpha value is -1.79. The summed E-state index contributed by atoms with van der Waals surface area (Å²) >= 11 is 0. The molecule has 0 amide bonds. The summed E-state index contributed by atoms with van der Waals surface area (Å²) < 4.78 is 18.7. The van der Waals surface area contributed by atoms with Gasteiger partial charge in [-0.2, -0.15) is 0 Å². The van der Waals surface area contributed by atoms with Crippen LogP contribution >= 0.6 is 0 Å². The quantitative estimate of drug-likeness (QED) is 0.536. The minimum absolute atomic E-state index is 0.0968. The van der Waals surface area contributed by atoms with Crippen LogP contribution in [-0.4, -0.2) is 39.2 Å². The van der Waals surface area contributed by atoms with Gasteiger partial charge in [0.05, 0.1) is 12.7 Å². The number of rotatable bonds is 6. The van der Waals surface area contributed by atoms with Crippen LogP contribution in [0.2, 0.25) is 5.04 Å². The first-order chi connectivity index (χ1) is 13.7. The van der Waals surface area contributed by atoms with Crippen molar-refractivity contribution in [2.45, 2.75) is 64.1 Å². The third-order valence-electron chi connectivity index (χ3n) is 5.44. The van der Waals surface area contributed by atoms with Crippen molar-refractivity contribution in [3.63, 3.8) is 0 Å². The molecule has 0 N–H and O–H groups in total.